The van der Waals surface area contributed by atoms with Crippen LogP contribution in [0.5, 0.6) is 0 Å². The molecule has 1 aromatic carbocycles. The number of hydrogen-bond acceptors (Lipinski definition) is 3. The molecule has 2 unspecified atom stereocenters. The Bertz CT molecular complexity index is 656. The lowest BCUT2D eigenvalue weighted by Gasteiger charge is -2.37. The summed E-state index contributed by atoms with van der Waals surface area (Å²) in [5.74, 6) is 0.529. The van der Waals surface area contributed by atoms with Gasteiger partial charge >= 0.3 is 5.97 Å². The van der Waals surface area contributed by atoms with Gasteiger partial charge in [0.25, 0.3) is 0 Å². The van der Waals surface area contributed by atoms with E-state index in [0.717, 1.165) is 36.1 Å². The van der Waals surface area contributed by atoms with Crippen molar-refractivity contribution in [1.82, 2.24) is 4.98 Å². The maximum absolute atomic E-state index is 11.6. The second kappa shape index (κ2) is 5.72. The van der Waals surface area contributed by atoms with Crippen molar-refractivity contribution in [1.29, 1.82) is 0 Å². The number of piperidine rings is 1. The molecular formula is C17H20N2O2. The van der Waals surface area contributed by atoms with Crippen LogP contribution in [0.4, 0.5) is 5.82 Å². The van der Waals surface area contributed by atoms with Gasteiger partial charge in [-0.05, 0) is 37.0 Å². The zero-order valence-corrected chi connectivity index (χ0v) is 12.2. The third-order valence-corrected chi connectivity index (χ3v) is 4.45. The van der Waals surface area contributed by atoms with Crippen molar-refractivity contribution >= 4 is 22.7 Å². The van der Waals surface area contributed by atoms with Gasteiger partial charge in [-0.3, -0.25) is 0 Å². The number of anilines is 1. The highest BCUT2D eigenvalue weighted by molar-refractivity contribution is 5.82. The minimum absolute atomic E-state index is 0.461. The number of carbonyl (C=O) groups is 1. The summed E-state index contributed by atoms with van der Waals surface area (Å²) in [6.07, 6.45) is 2.79. The fraction of sp³-hybridized carbons (Fsp3) is 0.412. The molecule has 4 heteroatoms. The number of rotatable bonds is 3. The Labute approximate surface area is 124 Å². The van der Waals surface area contributed by atoms with E-state index in [0.29, 0.717) is 12.3 Å². The lowest BCUT2D eigenvalue weighted by Crippen LogP contribution is -2.47. The molecule has 4 nitrogen and oxygen atoms in total. The van der Waals surface area contributed by atoms with Gasteiger partial charge in [0.2, 0.25) is 0 Å². The zero-order valence-electron chi connectivity index (χ0n) is 12.2. The smallest absolute Gasteiger partial charge is 0.326 e. The molecule has 2 heterocycles. The number of para-hydroxylation sites is 1. The van der Waals surface area contributed by atoms with Gasteiger partial charge in [0, 0.05) is 11.9 Å². The average molecular weight is 284 g/mol. The summed E-state index contributed by atoms with van der Waals surface area (Å²) in [5.41, 5.74) is 0.914. The monoisotopic (exact) mass is 284 g/mol. The Hall–Kier alpha value is -2.10. The third-order valence-electron chi connectivity index (χ3n) is 4.45. The summed E-state index contributed by atoms with van der Waals surface area (Å²) in [7, 11) is 0. The van der Waals surface area contributed by atoms with Crippen LogP contribution >= 0.6 is 0 Å². The highest BCUT2D eigenvalue weighted by atomic mass is 16.4. The molecule has 1 aliphatic heterocycles. The second-order valence-electron chi connectivity index (χ2n) is 5.71. The number of benzene rings is 1. The zero-order chi connectivity index (χ0) is 14.8. The normalized spacial score (nSPS) is 22.4. The summed E-state index contributed by atoms with van der Waals surface area (Å²) >= 11 is 0. The Kier molecular flexibility index (Phi) is 3.78. The predicted molar refractivity (Wildman–Crippen MR) is 83.5 cm³/mol. The maximum Gasteiger partial charge on any atom is 0.326 e. The molecule has 0 amide bonds. The highest BCUT2D eigenvalue weighted by Crippen LogP contribution is 2.29. The molecule has 0 saturated carbocycles. The topological polar surface area (TPSA) is 53.4 Å². The fourth-order valence-corrected chi connectivity index (χ4v) is 3.13. The van der Waals surface area contributed by atoms with Gasteiger partial charge < -0.3 is 10.0 Å². The Balaban J connectivity index is 1.94. The van der Waals surface area contributed by atoms with Gasteiger partial charge in [-0.25, -0.2) is 9.78 Å². The Morgan fingerprint density at radius 3 is 2.90 bits per heavy atom. The van der Waals surface area contributed by atoms with E-state index in [4.69, 9.17) is 0 Å². The van der Waals surface area contributed by atoms with Gasteiger partial charge in [0.1, 0.15) is 11.9 Å². The first kappa shape index (κ1) is 13.9. The molecule has 1 aromatic heterocycles. The quantitative estimate of drug-likeness (QED) is 0.939. The number of aliphatic carboxylic acids is 1. The summed E-state index contributed by atoms with van der Waals surface area (Å²) in [5, 5.41) is 10.6. The number of nitrogens with zero attached hydrogens (tertiary/aromatic N) is 2. The van der Waals surface area contributed by atoms with E-state index in [1.807, 2.05) is 41.3 Å². The lowest BCUT2D eigenvalue weighted by molar-refractivity contribution is -0.139. The number of hydrogen-bond donors (Lipinski definition) is 1. The van der Waals surface area contributed by atoms with Crippen molar-refractivity contribution in [3.63, 3.8) is 0 Å². The molecule has 2 atom stereocenters. The number of pyridine rings is 1. The number of carboxylic acid groups (broad SMARTS) is 1. The van der Waals surface area contributed by atoms with Gasteiger partial charge in [-0.15, -0.1) is 0 Å². The molecule has 1 N–H and O–H groups in total. The molecule has 1 aliphatic rings. The van der Waals surface area contributed by atoms with Crippen LogP contribution in [0.3, 0.4) is 0 Å². The summed E-state index contributed by atoms with van der Waals surface area (Å²) in [6.45, 7) is 2.90. The first-order chi connectivity index (χ1) is 10.2. The molecule has 21 heavy (non-hydrogen) atoms. The van der Waals surface area contributed by atoms with Gasteiger partial charge in [-0.2, -0.15) is 0 Å². The van der Waals surface area contributed by atoms with E-state index in [1.165, 1.54) is 0 Å². The van der Waals surface area contributed by atoms with Gasteiger partial charge in [-0.1, -0.05) is 31.5 Å². The fourth-order valence-electron chi connectivity index (χ4n) is 3.13. The Morgan fingerprint density at radius 1 is 1.33 bits per heavy atom. The maximum atomic E-state index is 11.6. The van der Waals surface area contributed by atoms with Gasteiger partial charge in [0.05, 0.1) is 5.52 Å². The van der Waals surface area contributed by atoms with Crippen LogP contribution < -0.4 is 4.90 Å². The molecule has 1 fully saturated rings. The summed E-state index contributed by atoms with van der Waals surface area (Å²) < 4.78 is 0. The van der Waals surface area contributed by atoms with Crippen molar-refractivity contribution in [2.45, 2.75) is 32.2 Å². The number of aromatic nitrogens is 1. The van der Waals surface area contributed by atoms with E-state index < -0.39 is 12.0 Å². The molecule has 0 bridgehead atoms. The van der Waals surface area contributed by atoms with E-state index in [9.17, 15) is 9.90 Å². The van der Waals surface area contributed by atoms with E-state index >= 15 is 0 Å². The SMILES string of the molecule is CCC1CCN(c2ccc3ccccc3n2)C(C(=O)O)C1. The molecular weight excluding hydrogens is 264 g/mol. The summed E-state index contributed by atoms with van der Waals surface area (Å²) in [4.78, 5) is 18.2. The van der Waals surface area contributed by atoms with Crippen LogP contribution in [0.25, 0.3) is 10.9 Å². The number of carboxylic acids is 1. The largest absolute Gasteiger partial charge is 0.480 e. The second-order valence-corrected chi connectivity index (χ2v) is 5.71. The first-order valence-corrected chi connectivity index (χ1v) is 7.54. The van der Waals surface area contributed by atoms with E-state index in [2.05, 4.69) is 11.9 Å². The minimum atomic E-state index is -0.747. The van der Waals surface area contributed by atoms with Crippen LogP contribution in [0, 0.1) is 5.92 Å². The molecule has 110 valence electrons. The van der Waals surface area contributed by atoms with Crippen molar-refractivity contribution in [2.75, 3.05) is 11.4 Å². The Morgan fingerprint density at radius 2 is 2.14 bits per heavy atom. The van der Waals surface area contributed by atoms with E-state index in [1.54, 1.807) is 0 Å². The number of fused-ring (bicyclic) bond motifs is 1. The van der Waals surface area contributed by atoms with Crippen molar-refractivity contribution in [2.24, 2.45) is 5.92 Å². The van der Waals surface area contributed by atoms with Crippen LogP contribution in [0.15, 0.2) is 36.4 Å². The third kappa shape index (κ3) is 2.71. The highest BCUT2D eigenvalue weighted by Gasteiger charge is 2.33. The standard InChI is InChI=1S/C17H20N2O2/c1-2-12-9-10-19(15(11-12)17(20)21)16-8-7-13-5-3-4-6-14(13)18-16/h3-8,12,15H,2,9-11H2,1H3,(H,20,21). The molecule has 0 spiro atoms. The van der Waals surface area contributed by atoms with Crippen LogP contribution in [0.2, 0.25) is 0 Å². The van der Waals surface area contributed by atoms with Gasteiger partial charge in [0.15, 0.2) is 0 Å². The minimum Gasteiger partial charge on any atom is -0.480 e. The van der Waals surface area contributed by atoms with Crippen LogP contribution in [-0.4, -0.2) is 28.6 Å². The van der Waals surface area contributed by atoms with Crippen molar-refractivity contribution in [3.05, 3.63) is 36.4 Å². The van der Waals surface area contributed by atoms with Crippen molar-refractivity contribution in [3.8, 4) is 0 Å². The molecule has 3 rings (SSSR count). The first-order valence-electron chi connectivity index (χ1n) is 7.54. The van der Waals surface area contributed by atoms with Crippen LogP contribution in [-0.2, 0) is 4.79 Å². The molecule has 0 radical (unpaired) electrons. The molecule has 0 aliphatic carbocycles. The molecule has 1 saturated heterocycles. The van der Waals surface area contributed by atoms with Crippen molar-refractivity contribution < 1.29 is 9.90 Å². The predicted octanol–water partition coefficient (Wildman–Crippen LogP) is 3.31. The lowest BCUT2D eigenvalue weighted by atomic mass is 9.89. The van der Waals surface area contributed by atoms with Crippen LogP contribution in [0.1, 0.15) is 26.2 Å². The summed E-state index contributed by atoms with van der Waals surface area (Å²) in [6, 6.07) is 11.4. The molecule has 2 aromatic rings. The average Bonchev–Trinajstić information content (AvgIpc) is 2.53. The van der Waals surface area contributed by atoms with E-state index in [-0.39, 0.29) is 0 Å².